The summed E-state index contributed by atoms with van der Waals surface area (Å²) in [6.45, 7) is 11.6. The minimum absolute atomic E-state index is 0.0200. The van der Waals surface area contributed by atoms with Crippen molar-refractivity contribution in [3.63, 3.8) is 0 Å². The fourth-order valence-electron chi connectivity index (χ4n) is 4.46. The number of nitrogens with zero attached hydrogens (tertiary/aromatic N) is 1. The van der Waals surface area contributed by atoms with Gasteiger partial charge in [-0.05, 0) is 94.6 Å². The van der Waals surface area contributed by atoms with Crippen molar-refractivity contribution in [2.75, 3.05) is 4.90 Å². The fourth-order valence-corrected chi connectivity index (χ4v) is 4.46. The van der Waals surface area contributed by atoms with Crippen LogP contribution in [-0.2, 0) is 9.59 Å². The number of hydrogen-bond acceptors (Lipinski definition) is 5. The van der Waals surface area contributed by atoms with Crippen molar-refractivity contribution in [1.82, 2.24) is 0 Å². The minimum atomic E-state index is -0.840. The van der Waals surface area contributed by atoms with E-state index in [1.807, 2.05) is 84.0 Å². The highest BCUT2D eigenvalue weighted by molar-refractivity contribution is 6.51. The van der Waals surface area contributed by atoms with E-state index < -0.39 is 17.7 Å². The van der Waals surface area contributed by atoms with Gasteiger partial charge in [-0.3, -0.25) is 14.5 Å². The average Bonchev–Trinajstić information content (AvgIpc) is 3.10. The van der Waals surface area contributed by atoms with Crippen LogP contribution in [-0.4, -0.2) is 29.0 Å². The quantitative estimate of drug-likeness (QED) is 0.228. The first-order chi connectivity index (χ1) is 17.6. The van der Waals surface area contributed by atoms with E-state index in [-0.39, 0.29) is 23.5 Å². The molecule has 1 unspecified atom stereocenters. The third kappa shape index (κ3) is 5.38. The number of ketones is 1. The first kappa shape index (κ1) is 26.0. The topological polar surface area (TPSA) is 76.1 Å². The summed E-state index contributed by atoms with van der Waals surface area (Å²) in [5.74, 6) is -0.512. The van der Waals surface area contributed by atoms with Gasteiger partial charge < -0.3 is 14.6 Å². The molecule has 3 aromatic carbocycles. The maximum Gasteiger partial charge on any atom is 0.300 e. The van der Waals surface area contributed by atoms with Gasteiger partial charge in [0.2, 0.25) is 0 Å². The van der Waals surface area contributed by atoms with E-state index in [9.17, 15) is 14.7 Å². The molecule has 37 heavy (non-hydrogen) atoms. The Morgan fingerprint density at radius 1 is 0.811 bits per heavy atom. The Hall–Kier alpha value is -4.06. The number of carbonyl (C=O) groups is 2. The molecule has 1 fully saturated rings. The SMILES string of the molecule is Cc1ccc(N2C(=O)C(=O)/C(=C(/O)c3cccc(OC(C)C)c3)C2c2cccc(OC(C)C)c2)cc1C. The van der Waals surface area contributed by atoms with E-state index in [0.29, 0.717) is 28.3 Å². The number of anilines is 1. The molecular formula is C31H33NO5. The van der Waals surface area contributed by atoms with Gasteiger partial charge in [0.05, 0.1) is 23.8 Å². The lowest BCUT2D eigenvalue weighted by molar-refractivity contribution is -0.132. The molecule has 1 N–H and O–H groups in total. The lowest BCUT2D eigenvalue weighted by Crippen LogP contribution is -2.29. The van der Waals surface area contributed by atoms with Gasteiger partial charge in [0.25, 0.3) is 11.7 Å². The number of benzene rings is 3. The van der Waals surface area contributed by atoms with Crippen LogP contribution in [0.15, 0.2) is 72.3 Å². The predicted octanol–water partition coefficient (Wildman–Crippen LogP) is 6.50. The predicted molar refractivity (Wildman–Crippen MR) is 145 cm³/mol. The number of rotatable bonds is 7. The van der Waals surface area contributed by atoms with Crippen LogP contribution in [0, 0.1) is 13.8 Å². The first-order valence-electron chi connectivity index (χ1n) is 12.5. The summed E-state index contributed by atoms with van der Waals surface area (Å²) >= 11 is 0. The van der Waals surface area contributed by atoms with Gasteiger partial charge in [0, 0.05) is 11.3 Å². The van der Waals surface area contributed by atoms with Crippen LogP contribution < -0.4 is 14.4 Å². The van der Waals surface area contributed by atoms with Crippen LogP contribution in [0.3, 0.4) is 0 Å². The highest BCUT2D eigenvalue weighted by Crippen LogP contribution is 2.43. The Kier molecular flexibility index (Phi) is 7.39. The molecule has 0 radical (unpaired) electrons. The molecule has 4 rings (SSSR count). The van der Waals surface area contributed by atoms with Crippen LogP contribution in [0.4, 0.5) is 5.69 Å². The van der Waals surface area contributed by atoms with Crippen molar-refractivity contribution in [3.05, 3.63) is 94.6 Å². The maximum atomic E-state index is 13.5. The van der Waals surface area contributed by atoms with E-state index in [1.165, 1.54) is 4.90 Å². The highest BCUT2D eigenvalue weighted by atomic mass is 16.5. The van der Waals surface area contributed by atoms with Gasteiger partial charge >= 0.3 is 0 Å². The number of carbonyl (C=O) groups excluding carboxylic acids is 2. The monoisotopic (exact) mass is 499 g/mol. The zero-order chi connectivity index (χ0) is 26.9. The number of hydrogen-bond donors (Lipinski definition) is 1. The van der Waals surface area contributed by atoms with Gasteiger partial charge in [-0.15, -0.1) is 0 Å². The molecule has 0 aliphatic carbocycles. The van der Waals surface area contributed by atoms with E-state index >= 15 is 0 Å². The molecule has 192 valence electrons. The Morgan fingerprint density at radius 3 is 2.05 bits per heavy atom. The Morgan fingerprint density at radius 2 is 1.43 bits per heavy atom. The number of Topliss-reactive ketones (excluding diaryl/α,β-unsaturated/α-hetero) is 1. The summed E-state index contributed by atoms with van der Waals surface area (Å²) in [6.07, 6.45) is -0.110. The van der Waals surface area contributed by atoms with Crippen LogP contribution in [0.1, 0.15) is 56.0 Å². The Balaban J connectivity index is 1.92. The summed E-state index contributed by atoms with van der Waals surface area (Å²) in [4.78, 5) is 28.4. The molecule has 0 spiro atoms. The summed E-state index contributed by atoms with van der Waals surface area (Å²) in [5.41, 5.74) is 3.73. The van der Waals surface area contributed by atoms with Gasteiger partial charge in [-0.2, -0.15) is 0 Å². The van der Waals surface area contributed by atoms with Gasteiger partial charge in [0.1, 0.15) is 17.3 Å². The van der Waals surface area contributed by atoms with Gasteiger partial charge in [-0.1, -0.05) is 30.3 Å². The molecule has 1 heterocycles. The van der Waals surface area contributed by atoms with Crippen LogP contribution in [0.2, 0.25) is 0 Å². The number of aliphatic hydroxyl groups excluding tert-OH is 1. The fraction of sp³-hybridized carbons (Fsp3) is 0.290. The van der Waals surface area contributed by atoms with Gasteiger partial charge in [-0.25, -0.2) is 0 Å². The summed E-state index contributed by atoms with van der Waals surface area (Å²) in [6, 6.07) is 19.0. The normalized spacial score (nSPS) is 17.1. The second kappa shape index (κ2) is 10.5. The standard InChI is InChI=1S/C31H33NO5/c1-18(2)36-25-11-7-9-22(16-25)28-27(29(33)23-10-8-12-26(17-23)37-19(3)4)30(34)31(35)32(28)24-14-13-20(5)21(6)15-24/h7-19,28,33H,1-6H3/b29-27+. The summed E-state index contributed by atoms with van der Waals surface area (Å²) in [7, 11) is 0. The third-order valence-electron chi connectivity index (χ3n) is 6.24. The molecule has 0 saturated carbocycles. The number of aryl methyl sites for hydroxylation is 2. The zero-order valence-electron chi connectivity index (χ0n) is 22.1. The van der Waals surface area contributed by atoms with Crippen molar-refractivity contribution >= 4 is 23.1 Å². The Bertz CT molecular complexity index is 1370. The molecule has 6 heteroatoms. The lowest BCUT2D eigenvalue weighted by Gasteiger charge is -2.26. The average molecular weight is 500 g/mol. The van der Waals surface area contributed by atoms with E-state index in [0.717, 1.165) is 11.1 Å². The minimum Gasteiger partial charge on any atom is -0.507 e. The molecule has 3 aromatic rings. The van der Waals surface area contributed by atoms with Crippen molar-refractivity contribution in [3.8, 4) is 11.5 Å². The molecule has 1 aliphatic heterocycles. The Labute approximate surface area is 218 Å². The molecule has 1 aliphatic rings. The molecule has 1 atom stereocenters. The number of aliphatic hydroxyl groups is 1. The van der Waals surface area contributed by atoms with Crippen LogP contribution in [0.5, 0.6) is 11.5 Å². The van der Waals surface area contributed by atoms with Crippen molar-refractivity contribution in [1.29, 1.82) is 0 Å². The molecule has 1 saturated heterocycles. The molecule has 6 nitrogen and oxygen atoms in total. The van der Waals surface area contributed by atoms with E-state index in [1.54, 1.807) is 24.3 Å². The highest BCUT2D eigenvalue weighted by Gasteiger charge is 2.47. The number of amides is 1. The largest absolute Gasteiger partial charge is 0.507 e. The first-order valence-corrected chi connectivity index (χ1v) is 12.5. The summed E-state index contributed by atoms with van der Waals surface area (Å²) < 4.78 is 11.7. The smallest absolute Gasteiger partial charge is 0.300 e. The van der Waals surface area contributed by atoms with Crippen LogP contribution in [0.25, 0.3) is 5.76 Å². The van der Waals surface area contributed by atoms with E-state index in [4.69, 9.17) is 9.47 Å². The number of ether oxygens (including phenoxy) is 2. The molecule has 1 amide bonds. The van der Waals surface area contributed by atoms with Crippen molar-refractivity contribution in [2.45, 2.75) is 59.8 Å². The maximum absolute atomic E-state index is 13.5. The summed E-state index contributed by atoms with van der Waals surface area (Å²) in [5, 5.41) is 11.5. The second-order valence-corrected chi connectivity index (χ2v) is 9.87. The lowest BCUT2D eigenvalue weighted by atomic mass is 9.94. The third-order valence-corrected chi connectivity index (χ3v) is 6.24. The second-order valence-electron chi connectivity index (χ2n) is 9.87. The molecule has 0 aromatic heterocycles. The van der Waals surface area contributed by atoms with Crippen molar-refractivity contribution < 1.29 is 24.2 Å². The van der Waals surface area contributed by atoms with Gasteiger partial charge in [0.15, 0.2) is 0 Å². The van der Waals surface area contributed by atoms with Crippen LogP contribution >= 0.6 is 0 Å². The van der Waals surface area contributed by atoms with E-state index in [2.05, 4.69) is 0 Å². The van der Waals surface area contributed by atoms with Crippen molar-refractivity contribution in [2.24, 2.45) is 0 Å². The molecule has 0 bridgehead atoms. The molecular weight excluding hydrogens is 466 g/mol. The zero-order valence-corrected chi connectivity index (χ0v) is 22.1.